The number of para-hydroxylation sites is 1. The highest BCUT2D eigenvalue weighted by Crippen LogP contribution is 2.19. The smallest absolute Gasteiger partial charge is 0.145 e. The van der Waals surface area contributed by atoms with Gasteiger partial charge >= 0.3 is 0 Å². The van der Waals surface area contributed by atoms with Gasteiger partial charge in [-0.25, -0.2) is 4.68 Å². The van der Waals surface area contributed by atoms with Crippen molar-refractivity contribution in [3.05, 3.63) is 46.7 Å². The van der Waals surface area contributed by atoms with Crippen molar-refractivity contribution in [2.24, 2.45) is 0 Å². The number of aromatic nitrogens is 3. The lowest BCUT2D eigenvalue weighted by molar-refractivity contribution is 0.849. The molecule has 86 valence electrons. The lowest BCUT2D eigenvalue weighted by atomic mass is 10.3. The van der Waals surface area contributed by atoms with Crippen LogP contribution in [0.4, 0.5) is 0 Å². The molecule has 0 amide bonds. The number of hydrogen-bond acceptors (Lipinski definition) is 4. The third kappa shape index (κ3) is 1.79. The number of fused-ring (bicyclic) bond motifs is 1. The first-order valence-electron chi connectivity index (χ1n) is 5.34. The molecule has 0 saturated carbocycles. The minimum Gasteiger partial charge on any atom is -0.202 e. The van der Waals surface area contributed by atoms with Gasteiger partial charge in [-0.15, -0.1) is 16.4 Å². The maximum Gasteiger partial charge on any atom is 0.145 e. The van der Waals surface area contributed by atoms with Gasteiger partial charge in [0.05, 0.1) is 5.52 Å². The molecule has 3 aromatic rings. The molecule has 4 nitrogen and oxygen atoms in total. The van der Waals surface area contributed by atoms with Gasteiger partial charge in [0.1, 0.15) is 17.3 Å². The molecule has 2 heterocycles. The Bertz CT molecular complexity index is 747. The summed E-state index contributed by atoms with van der Waals surface area (Å²) < 4.78 is 1.56. The number of nitrogens with zero attached hydrogens (tertiary/aromatic N) is 4. The van der Waals surface area contributed by atoms with E-state index in [0.717, 1.165) is 15.9 Å². The third-order valence-electron chi connectivity index (χ3n) is 2.52. The molecule has 18 heavy (non-hydrogen) atoms. The third-order valence-corrected chi connectivity index (χ3v) is 3.34. The molecule has 0 aliphatic heterocycles. The van der Waals surface area contributed by atoms with E-state index in [1.807, 2.05) is 47.9 Å². The first-order valence-corrected chi connectivity index (χ1v) is 6.22. The van der Waals surface area contributed by atoms with Crippen LogP contribution in [0.15, 0.2) is 41.8 Å². The van der Waals surface area contributed by atoms with E-state index < -0.39 is 0 Å². The Labute approximate surface area is 107 Å². The van der Waals surface area contributed by atoms with Crippen molar-refractivity contribution in [3.8, 4) is 6.07 Å². The van der Waals surface area contributed by atoms with Crippen LogP contribution in [-0.2, 0) is 0 Å². The van der Waals surface area contributed by atoms with Gasteiger partial charge in [0.15, 0.2) is 0 Å². The standard InChI is InChI=1S/C13H8N4S/c14-9-10(8-11-4-3-7-18-11)17-13-6-2-1-5-12(13)15-16-17/h1-8H/b10-8-. The van der Waals surface area contributed by atoms with E-state index in [1.165, 1.54) is 0 Å². The van der Waals surface area contributed by atoms with Gasteiger partial charge in [-0.2, -0.15) is 5.26 Å². The minimum atomic E-state index is 0.464. The summed E-state index contributed by atoms with van der Waals surface area (Å²) in [6.45, 7) is 0. The van der Waals surface area contributed by atoms with Crippen LogP contribution in [0.1, 0.15) is 4.88 Å². The number of hydrogen-bond donors (Lipinski definition) is 0. The monoisotopic (exact) mass is 252 g/mol. The van der Waals surface area contributed by atoms with Gasteiger partial charge in [0.25, 0.3) is 0 Å². The molecule has 3 rings (SSSR count). The Morgan fingerprint density at radius 3 is 2.94 bits per heavy atom. The molecule has 0 bridgehead atoms. The summed E-state index contributed by atoms with van der Waals surface area (Å²) in [6, 6.07) is 13.6. The largest absolute Gasteiger partial charge is 0.202 e. The van der Waals surface area contributed by atoms with E-state index >= 15 is 0 Å². The lowest BCUT2D eigenvalue weighted by Crippen LogP contribution is -1.97. The normalized spacial score (nSPS) is 11.6. The fraction of sp³-hybridized carbons (Fsp3) is 0. The Kier molecular flexibility index (Phi) is 2.63. The van der Waals surface area contributed by atoms with Gasteiger partial charge in [0.2, 0.25) is 0 Å². The molecule has 0 spiro atoms. The van der Waals surface area contributed by atoms with Crippen molar-refractivity contribution in [1.29, 1.82) is 5.26 Å². The molecule has 5 heteroatoms. The zero-order valence-electron chi connectivity index (χ0n) is 9.32. The molecule has 2 aromatic heterocycles. The van der Waals surface area contributed by atoms with E-state index in [1.54, 1.807) is 16.0 Å². The van der Waals surface area contributed by atoms with Crippen LogP contribution in [0.2, 0.25) is 0 Å². The van der Waals surface area contributed by atoms with Crippen LogP contribution < -0.4 is 0 Å². The van der Waals surface area contributed by atoms with E-state index in [9.17, 15) is 5.26 Å². The van der Waals surface area contributed by atoms with Crippen molar-refractivity contribution in [1.82, 2.24) is 15.0 Å². The Hall–Kier alpha value is -2.45. The molecule has 1 aromatic carbocycles. The predicted octanol–water partition coefficient (Wildman–Crippen LogP) is 3.01. The van der Waals surface area contributed by atoms with E-state index in [2.05, 4.69) is 16.4 Å². The van der Waals surface area contributed by atoms with E-state index in [0.29, 0.717) is 5.70 Å². The van der Waals surface area contributed by atoms with Crippen molar-refractivity contribution >= 4 is 34.1 Å². The summed E-state index contributed by atoms with van der Waals surface area (Å²) in [5.41, 5.74) is 2.08. The first kappa shape index (κ1) is 10.7. The SMILES string of the molecule is N#C/C(=C/c1cccs1)n1nnc2ccccc21. The Balaban J connectivity index is 2.16. The molecule has 0 fully saturated rings. The molecular formula is C13H8N4S. The zero-order chi connectivity index (χ0) is 12.4. The molecule has 0 radical (unpaired) electrons. The van der Waals surface area contributed by atoms with E-state index in [-0.39, 0.29) is 0 Å². The number of nitriles is 1. The van der Waals surface area contributed by atoms with Gasteiger partial charge < -0.3 is 0 Å². The second-order valence-corrected chi connectivity index (χ2v) is 4.63. The van der Waals surface area contributed by atoms with Gasteiger partial charge in [-0.05, 0) is 29.7 Å². The number of thiophene rings is 1. The van der Waals surface area contributed by atoms with E-state index in [4.69, 9.17) is 0 Å². The summed E-state index contributed by atoms with van der Waals surface area (Å²) in [5, 5.41) is 19.3. The van der Waals surface area contributed by atoms with Gasteiger partial charge in [-0.3, -0.25) is 0 Å². The average molecular weight is 252 g/mol. The second-order valence-electron chi connectivity index (χ2n) is 3.65. The summed E-state index contributed by atoms with van der Waals surface area (Å²) in [6.07, 6.45) is 1.81. The molecule has 0 unspecified atom stereocenters. The van der Waals surface area contributed by atoms with Crippen molar-refractivity contribution in [2.45, 2.75) is 0 Å². The number of allylic oxidation sites excluding steroid dienone is 1. The maximum atomic E-state index is 9.25. The van der Waals surface area contributed by atoms with Gasteiger partial charge in [0, 0.05) is 4.88 Å². The highest BCUT2D eigenvalue weighted by atomic mass is 32.1. The quantitative estimate of drug-likeness (QED) is 0.659. The summed E-state index contributed by atoms with van der Waals surface area (Å²) in [4.78, 5) is 1.02. The molecule has 0 aliphatic carbocycles. The first-order chi connectivity index (χ1) is 8.88. The molecule has 0 aliphatic rings. The summed E-state index contributed by atoms with van der Waals surface area (Å²) >= 11 is 1.58. The lowest BCUT2D eigenvalue weighted by Gasteiger charge is -1.98. The highest BCUT2D eigenvalue weighted by Gasteiger charge is 2.07. The van der Waals surface area contributed by atoms with Crippen LogP contribution >= 0.6 is 11.3 Å². The molecule has 0 saturated heterocycles. The summed E-state index contributed by atoms with van der Waals surface area (Å²) in [7, 11) is 0. The highest BCUT2D eigenvalue weighted by molar-refractivity contribution is 7.10. The average Bonchev–Trinajstić information content (AvgIpc) is 3.05. The molecule has 0 N–H and O–H groups in total. The number of benzene rings is 1. The molecule has 0 atom stereocenters. The van der Waals surface area contributed by atoms with Crippen LogP contribution in [0, 0.1) is 11.3 Å². The van der Waals surface area contributed by atoms with Crippen LogP contribution in [0.25, 0.3) is 22.8 Å². The van der Waals surface area contributed by atoms with Crippen molar-refractivity contribution in [3.63, 3.8) is 0 Å². The minimum absolute atomic E-state index is 0.464. The number of rotatable bonds is 2. The second kappa shape index (κ2) is 4.43. The predicted molar refractivity (Wildman–Crippen MR) is 71.6 cm³/mol. The molecular weight excluding hydrogens is 244 g/mol. The maximum absolute atomic E-state index is 9.25. The fourth-order valence-electron chi connectivity index (χ4n) is 1.70. The topological polar surface area (TPSA) is 54.5 Å². The Morgan fingerprint density at radius 1 is 1.28 bits per heavy atom. The van der Waals surface area contributed by atoms with Crippen LogP contribution in [0.5, 0.6) is 0 Å². The zero-order valence-corrected chi connectivity index (χ0v) is 10.1. The Morgan fingerprint density at radius 2 is 2.17 bits per heavy atom. The van der Waals surface area contributed by atoms with Crippen LogP contribution in [0.3, 0.4) is 0 Å². The van der Waals surface area contributed by atoms with Crippen molar-refractivity contribution < 1.29 is 0 Å². The fourth-order valence-corrected chi connectivity index (χ4v) is 2.35. The van der Waals surface area contributed by atoms with Crippen molar-refractivity contribution in [2.75, 3.05) is 0 Å². The summed E-state index contributed by atoms with van der Waals surface area (Å²) in [5.74, 6) is 0. The van der Waals surface area contributed by atoms with Crippen LogP contribution in [-0.4, -0.2) is 15.0 Å². The van der Waals surface area contributed by atoms with Gasteiger partial charge in [-0.1, -0.05) is 23.4 Å².